The quantitative estimate of drug-likeness (QED) is 0.636. The Labute approximate surface area is 96.6 Å². The zero-order chi connectivity index (χ0) is 12.1. The van der Waals surface area contributed by atoms with Gasteiger partial charge in [-0.05, 0) is 26.2 Å². The van der Waals surface area contributed by atoms with Crippen LogP contribution in [-0.2, 0) is 13.5 Å². The number of aliphatic hydroxyl groups excluding tert-OH is 1. The van der Waals surface area contributed by atoms with Crippen molar-refractivity contribution in [2.24, 2.45) is 7.05 Å². The van der Waals surface area contributed by atoms with E-state index in [9.17, 15) is 0 Å². The average Bonchev–Trinajstić information content (AvgIpc) is 2.50. The van der Waals surface area contributed by atoms with Gasteiger partial charge in [-0.1, -0.05) is 6.92 Å². The molecule has 92 valence electrons. The molecule has 0 saturated carbocycles. The predicted octanol–water partition coefficient (Wildman–Crippen LogP) is 1.14. The van der Waals surface area contributed by atoms with E-state index in [0.29, 0.717) is 0 Å². The Bertz CT molecular complexity index is 333. The SMILES string of the molecule is CCc1nn(C)c(NCCCC(C)O)c1N. The van der Waals surface area contributed by atoms with Crippen LogP contribution in [0.2, 0.25) is 0 Å². The summed E-state index contributed by atoms with van der Waals surface area (Å²) in [5, 5.41) is 16.7. The molecule has 0 fully saturated rings. The molecule has 5 heteroatoms. The Morgan fingerprint density at radius 3 is 2.75 bits per heavy atom. The Morgan fingerprint density at radius 2 is 2.25 bits per heavy atom. The third-order valence-corrected chi connectivity index (χ3v) is 2.59. The molecule has 1 atom stereocenters. The van der Waals surface area contributed by atoms with Gasteiger partial charge < -0.3 is 16.2 Å². The van der Waals surface area contributed by atoms with Crippen LogP contribution < -0.4 is 11.1 Å². The van der Waals surface area contributed by atoms with Gasteiger partial charge in [-0.25, -0.2) is 0 Å². The van der Waals surface area contributed by atoms with Crippen molar-refractivity contribution in [2.45, 2.75) is 39.2 Å². The number of hydrogen-bond donors (Lipinski definition) is 3. The van der Waals surface area contributed by atoms with Gasteiger partial charge in [0.05, 0.1) is 17.5 Å². The van der Waals surface area contributed by atoms with Crippen molar-refractivity contribution < 1.29 is 5.11 Å². The van der Waals surface area contributed by atoms with Gasteiger partial charge in [-0.3, -0.25) is 4.68 Å². The number of hydrogen-bond acceptors (Lipinski definition) is 4. The Balaban J connectivity index is 2.50. The summed E-state index contributed by atoms with van der Waals surface area (Å²) < 4.78 is 1.77. The number of aromatic nitrogens is 2. The van der Waals surface area contributed by atoms with Gasteiger partial charge in [-0.15, -0.1) is 0 Å². The fraction of sp³-hybridized carbons (Fsp3) is 0.727. The summed E-state index contributed by atoms with van der Waals surface area (Å²) in [5.74, 6) is 0.877. The number of nitrogens with one attached hydrogen (secondary N) is 1. The minimum Gasteiger partial charge on any atom is -0.394 e. The number of nitrogen functional groups attached to an aromatic ring is 1. The standard InChI is InChI=1S/C11H22N4O/c1-4-9-10(12)11(15(3)14-9)13-7-5-6-8(2)16/h8,13,16H,4-7,12H2,1-3H3. The molecular weight excluding hydrogens is 204 g/mol. The average molecular weight is 226 g/mol. The maximum atomic E-state index is 9.13. The second kappa shape index (κ2) is 5.75. The Kier molecular flexibility index (Phi) is 4.61. The number of rotatable bonds is 6. The van der Waals surface area contributed by atoms with E-state index >= 15 is 0 Å². The molecule has 16 heavy (non-hydrogen) atoms. The number of anilines is 2. The van der Waals surface area contributed by atoms with Gasteiger partial charge in [0.15, 0.2) is 0 Å². The summed E-state index contributed by atoms with van der Waals surface area (Å²) in [6, 6.07) is 0. The maximum Gasteiger partial charge on any atom is 0.147 e. The molecule has 0 aliphatic carbocycles. The van der Waals surface area contributed by atoms with Crippen LogP contribution in [0, 0.1) is 0 Å². The highest BCUT2D eigenvalue weighted by Gasteiger charge is 2.10. The van der Waals surface area contributed by atoms with Crippen LogP contribution in [0.15, 0.2) is 0 Å². The molecule has 0 aliphatic rings. The summed E-state index contributed by atoms with van der Waals surface area (Å²) in [7, 11) is 1.88. The van der Waals surface area contributed by atoms with E-state index < -0.39 is 0 Å². The lowest BCUT2D eigenvalue weighted by Crippen LogP contribution is -2.10. The van der Waals surface area contributed by atoms with Crippen molar-refractivity contribution in [1.82, 2.24) is 9.78 Å². The molecule has 0 aliphatic heterocycles. The molecule has 1 aromatic rings. The van der Waals surface area contributed by atoms with Crippen LogP contribution in [0.25, 0.3) is 0 Å². The van der Waals surface area contributed by atoms with Crippen molar-refractivity contribution >= 4 is 11.5 Å². The van der Waals surface area contributed by atoms with Crippen molar-refractivity contribution in [1.29, 1.82) is 0 Å². The third-order valence-electron chi connectivity index (χ3n) is 2.59. The minimum atomic E-state index is -0.239. The number of aryl methyl sites for hydroxylation is 2. The maximum absolute atomic E-state index is 9.13. The lowest BCUT2D eigenvalue weighted by atomic mass is 10.2. The number of nitrogens with two attached hydrogens (primary N) is 1. The highest BCUT2D eigenvalue weighted by molar-refractivity contribution is 5.64. The van der Waals surface area contributed by atoms with Gasteiger partial charge in [0.1, 0.15) is 5.82 Å². The Hall–Kier alpha value is -1.23. The predicted molar refractivity (Wildman–Crippen MR) is 66.4 cm³/mol. The van der Waals surface area contributed by atoms with Gasteiger partial charge in [0.25, 0.3) is 0 Å². The van der Waals surface area contributed by atoms with E-state index in [-0.39, 0.29) is 6.10 Å². The summed E-state index contributed by atoms with van der Waals surface area (Å²) in [6.45, 7) is 4.64. The molecule has 0 amide bonds. The zero-order valence-corrected chi connectivity index (χ0v) is 10.3. The molecular formula is C11H22N4O. The minimum absolute atomic E-state index is 0.239. The van der Waals surface area contributed by atoms with Crippen molar-refractivity contribution in [3.63, 3.8) is 0 Å². The van der Waals surface area contributed by atoms with E-state index in [4.69, 9.17) is 10.8 Å². The van der Waals surface area contributed by atoms with Crippen molar-refractivity contribution in [2.75, 3.05) is 17.6 Å². The third kappa shape index (κ3) is 3.13. The fourth-order valence-electron chi connectivity index (χ4n) is 1.67. The molecule has 1 heterocycles. The summed E-state index contributed by atoms with van der Waals surface area (Å²) >= 11 is 0. The largest absolute Gasteiger partial charge is 0.394 e. The second-order valence-corrected chi connectivity index (χ2v) is 4.10. The lowest BCUT2D eigenvalue weighted by Gasteiger charge is -2.08. The first-order valence-corrected chi connectivity index (χ1v) is 5.79. The van der Waals surface area contributed by atoms with E-state index in [1.165, 1.54) is 0 Å². The van der Waals surface area contributed by atoms with E-state index in [0.717, 1.165) is 43.0 Å². The highest BCUT2D eigenvalue weighted by atomic mass is 16.3. The number of nitrogens with zero attached hydrogens (tertiary/aromatic N) is 2. The highest BCUT2D eigenvalue weighted by Crippen LogP contribution is 2.22. The normalized spacial score (nSPS) is 12.8. The second-order valence-electron chi connectivity index (χ2n) is 4.10. The molecule has 5 nitrogen and oxygen atoms in total. The first-order chi connectivity index (χ1) is 7.56. The van der Waals surface area contributed by atoms with Gasteiger partial charge >= 0.3 is 0 Å². The van der Waals surface area contributed by atoms with Crippen LogP contribution in [0.4, 0.5) is 11.5 Å². The van der Waals surface area contributed by atoms with Crippen molar-refractivity contribution in [3.8, 4) is 0 Å². The van der Waals surface area contributed by atoms with E-state index in [1.807, 2.05) is 14.0 Å². The molecule has 0 spiro atoms. The Morgan fingerprint density at radius 1 is 1.56 bits per heavy atom. The van der Waals surface area contributed by atoms with Crippen LogP contribution in [0.3, 0.4) is 0 Å². The zero-order valence-electron chi connectivity index (χ0n) is 10.3. The number of aliphatic hydroxyl groups is 1. The van der Waals surface area contributed by atoms with Crippen LogP contribution in [-0.4, -0.2) is 27.5 Å². The van der Waals surface area contributed by atoms with Crippen LogP contribution in [0.1, 0.15) is 32.4 Å². The van der Waals surface area contributed by atoms with Gasteiger partial charge in [-0.2, -0.15) is 5.10 Å². The molecule has 4 N–H and O–H groups in total. The fourth-order valence-corrected chi connectivity index (χ4v) is 1.67. The summed E-state index contributed by atoms with van der Waals surface area (Å²) in [4.78, 5) is 0. The van der Waals surface area contributed by atoms with Gasteiger partial charge in [0, 0.05) is 13.6 Å². The smallest absolute Gasteiger partial charge is 0.147 e. The first kappa shape index (κ1) is 12.8. The van der Waals surface area contributed by atoms with E-state index in [2.05, 4.69) is 10.4 Å². The monoisotopic (exact) mass is 226 g/mol. The van der Waals surface area contributed by atoms with E-state index in [1.54, 1.807) is 11.6 Å². The van der Waals surface area contributed by atoms with Crippen LogP contribution >= 0.6 is 0 Å². The first-order valence-electron chi connectivity index (χ1n) is 5.79. The molecule has 0 radical (unpaired) electrons. The molecule has 0 aromatic carbocycles. The van der Waals surface area contributed by atoms with Crippen molar-refractivity contribution in [3.05, 3.63) is 5.69 Å². The molecule has 0 saturated heterocycles. The molecule has 1 rings (SSSR count). The van der Waals surface area contributed by atoms with Crippen LogP contribution in [0.5, 0.6) is 0 Å². The lowest BCUT2D eigenvalue weighted by molar-refractivity contribution is 0.183. The molecule has 1 aromatic heterocycles. The topological polar surface area (TPSA) is 76.1 Å². The summed E-state index contributed by atoms with van der Waals surface area (Å²) in [5.41, 5.74) is 7.63. The van der Waals surface area contributed by atoms with Gasteiger partial charge in [0.2, 0.25) is 0 Å². The molecule has 0 bridgehead atoms. The molecule has 1 unspecified atom stereocenters. The summed E-state index contributed by atoms with van der Waals surface area (Å²) in [6.07, 6.45) is 2.32.